The predicted octanol–water partition coefficient (Wildman–Crippen LogP) is 3.91. The van der Waals surface area contributed by atoms with Crippen LogP contribution in [0.2, 0.25) is 0 Å². The van der Waals surface area contributed by atoms with Crippen LogP contribution in [0.25, 0.3) is 0 Å². The third-order valence-corrected chi connectivity index (χ3v) is 5.58. The molecule has 0 amide bonds. The molecule has 3 atom stereocenters. The maximum absolute atomic E-state index is 5.76. The lowest BCUT2D eigenvalue weighted by Crippen LogP contribution is -2.59. The van der Waals surface area contributed by atoms with Crippen molar-refractivity contribution in [2.75, 3.05) is 19.6 Å². The highest BCUT2D eigenvalue weighted by Gasteiger charge is 2.37. The van der Waals surface area contributed by atoms with Crippen molar-refractivity contribution in [1.29, 1.82) is 0 Å². The third-order valence-electron chi connectivity index (χ3n) is 5.58. The van der Waals surface area contributed by atoms with E-state index >= 15 is 0 Å². The molecule has 0 radical (unpaired) electrons. The summed E-state index contributed by atoms with van der Waals surface area (Å²) in [4.78, 5) is 5.48. The summed E-state index contributed by atoms with van der Waals surface area (Å²) in [5.74, 6) is 2.14. The zero-order chi connectivity index (χ0) is 15.0. The second-order valence-corrected chi connectivity index (χ2v) is 6.95. The van der Waals surface area contributed by atoms with Gasteiger partial charge in [-0.25, -0.2) is 0 Å². The number of fused-ring (bicyclic) bond motifs is 1. The molecule has 2 fully saturated rings. The molecule has 0 spiro atoms. The molecule has 3 unspecified atom stereocenters. The SMILES string of the molecule is CCC1CN2CCCCC2CN1C(C)c1cc(C)oc1C. The molecule has 3 rings (SSSR count). The van der Waals surface area contributed by atoms with E-state index in [0.717, 1.165) is 17.6 Å². The second kappa shape index (κ2) is 6.13. The average Bonchev–Trinajstić information content (AvgIpc) is 2.83. The monoisotopic (exact) mass is 290 g/mol. The zero-order valence-electron chi connectivity index (χ0n) is 14.1. The van der Waals surface area contributed by atoms with Gasteiger partial charge in [-0.05, 0) is 52.6 Å². The molecule has 0 saturated carbocycles. The van der Waals surface area contributed by atoms with Crippen molar-refractivity contribution in [2.24, 2.45) is 0 Å². The number of piperazine rings is 1. The molecule has 3 heterocycles. The second-order valence-electron chi connectivity index (χ2n) is 6.95. The van der Waals surface area contributed by atoms with Crippen molar-refractivity contribution in [1.82, 2.24) is 9.80 Å². The number of hydrogen-bond acceptors (Lipinski definition) is 3. The van der Waals surface area contributed by atoms with Gasteiger partial charge in [0.25, 0.3) is 0 Å². The zero-order valence-corrected chi connectivity index (χ0v) is 14.1. The quantitative estimate of drug-likeness (QED) is 0.841. The first-order valence-electron chi connectivity index (χ1n) is 8.67. The first-order chi connectivity index (χ1) is 10.1. The van der Waals surface area contributed by atoms with Crippen molar-refractivity contribution < 1.29 is 4.42 Å². The molecule has 1 aromatic rings. The van der Waals surface area contributed by atoms with Crippen LogP contribution in [0.5, 0.6) is 0 Å². The lowest BCUT2D eigenvalue weighted by atomic mass is 9.93. The fourth-order valence-electron chi connectivity index (χ4n) is 4.36. The van der Waals surface area contributed by atoms with Crippen LogP contribution in [0.1, 0.15) is 62.7 Å². The van der Waals surface area contributed by atoms with Crippen molar-refractivity contribution >= 4 is 0 Å². The maximum Gasteiger partial charge on any atom is 0.105 e. The Morgan fingerprint density at radius 1 is 1.29 bits per heavy atom. The minimum Gasteiger partial charge on any atom is -0.466 e. The normalized spacial score (nSPS) is 29.3. The summed E-state index contributed by atoms with van der Waals surface area (Å²) >= 11 is 0. The molecule has 2 aliphatic rings. The Morgan fingerprint density at radius 2 is 2.10 bits per heavy atom. The molecule has 0 aromatic carbocycles. The van der Waals surface area contributed by atoms with Gasteiger partial charge in [0.2, 0.25) is 0 Å². The molecule has 3 heteroatoms. The first-order valence-corrected chi connectivity index (χ1v) is 8.67. The van der Waals surface area contributed by atoms with E-state index in [1.165, 1.54) is 50.9 Å². The number of furan rings is 1. The third kappa shape index (κ3) is 2.91. The summed E-state index contributed by atoms with van der Waals surface area (Å²) in [7, 11) is 0. The standard InChI is InChI=1S/C18H30N2O/c1-5-16-11-19-9-7-6-8-17(19)12-20(16)14(3)18-10-13(2)21-15(18)4/h10,14,16-17H,5-9,11-12H2,1-4H3. The number of hydrogen-bond donors (Lipinski definition) is 0. The number of piperidine rings is 1. The van der Waals surface area contributed by atoms with Gasteiger partial charge in [-0.1, -0.05) is 13.3 Å². The van der Waals surface area contributed by atoms with Crippen LogP contribution in [-0.4, -0.2) is 41.5 Å². The predicted molar refractivity (Wildman–Crippen MR) is 86.6 cm³/mol. The summed E-state index contributed by atoms with van der Waals surface area (Å²) in [5.41, 5.74) is 1.38. The maximum atomic E-state index is 5.76. The van der Waals surface area contributed by atoms with E-state index in [4.69, 9.17) is 4.42 Å². The highest BCUT2D eigenvalue weighted by molar-refractivity contribution is 5.24. The van der Waals surface area contributed by atoms with Crippen molar-refractivity contribution in [3.8, 4) is 0 Å². The largest absolute Gasteiger partial charge is 0.466 e. The molecule has 21 heavy (non-hydrogen) atoms. The Bertz CT molecular complexity index is 482. The van der Waals surface area contributed by atoms with Gasteiger partial charge in [-0.2, -0.15) is 0 Å². The summed E-state index contributed by atoms with van der Waals surface area (Å²) in [6.07, 6.45) is 5.42. The molecular formula is C18H30N2O. The smallest absolute Gasteiger partial charge is 0.105 e. The van der Waals surface area contributed by atoms with Crippen LogP contribution in [0.15, 0.2) is 10.5 Å². The summed E-state index contributed by atoms with van der Waals surface area (Å²) < 4.78 is 5.76. The van der Waals surface area contributed by atoms with Crippen molar-refractivity contribution in [3.05, 3.63) is 23.2 Å². The Balaban J connectivity index is 1.80. The van der Waals surface area contributed by atoms with Gasteiger partial charge in [-0.15, -0.1) is 0 Å². The highest BCUT2D eigenvalue weighted by atomic mass is 16.3. The van der Waals surface area contributed by atoms with E-state index in [0.29, 0.717) is 12.1 Å². The molecule has 0 bridgehead atoms. The van der Waals surface area contributed by atoms with Gasteiger partial charge < -0.3 is 4.42 Å². The summed E-state index contributed by atoms with van der Waals surface area (Å²) in [5, 5.41) is 0. The van der Waals surface area contributed by atoms with Gasteiger partial charge in [0.15, 0.2) is 0 Å². The van der Waals surface area contributed by atoms with Crippen LogP contribution in [0, 0.1) is 13.8 Å². The van der Waals surface area contributed by atoms with Gasteiger partial charge in [0, 0.05) is 36.8 Å². The topological polar surface area (TPSA) is 19.6 Å². The molecule has 1 aromatic heterocycles. The molecule has 2 aliphatic heterocycles. The average molecular weight is 290 g/mol. The Morgan fingerprint density at radius 3 is 2.76 bits per heavy atom. The number of rotatable bonds is 3. The van der Waals surface area contributed by atoms with Crippen LogP contribution >= 0.6 is 0 Å². The van der Waals surface area contributed by atoms with Crippen LogP contribution in [-0.2, 0) is 0 Å². The Hall–Kier alpha value is -0.800. The lowest BCUT2D eigenvalue weighted by molar-refractivity contribution is -0.0126. The summed E-state index contributed by atoms with van der Waals surface area (Å²) in [6.45, 7) is 12.6. The minimum atomic E-state index is 0.469. The van der Waals surface area contributed by atoms with Gasteiger partial charge in [-0.3, -0.25) is 9.80 Å². The molecular weight excluding hydrogens is 260 g/mol. The van der Waals surface area contributed by atoms with E-state index in [-0.39, 0.29) is 0 Å². The van der Waals surface area contributed by atoms with Gasteiger partial charge in [0.05, 0.1) is 0 Å². The van der Waals surface area contributed by atoms with E-state index in [2.05, 4.69) is 43.6 Å². The van der Waals surface area contributed by atoms with Crippen molar-refractivity contribution in [3.63, 3.8) is 0 Å². The van der Waals surface area contributed by atoms with Crippen molar-refractivity contribution in [2.45, 2.75) is 71.5 Å². The van der Waals surface area contributed by atoms with E-state index in [1.807, 2.05) is 0 Å². The van der Waals surface area contributed by atoms with Crippen LogP contribution in [0.3, 0.4) is 0 Å². The Kier molecular flexibility index (Phi) is 4.41. The highest BCUT2D eigenvalue weighted by Crippen LogP contribution is 2.33. The Labute approximate surface area is 129 Å². The van der Waals surface area contributed by atoms with Crippen LogP contribution < -0.4 is 0 Å². The fourth-order valence-corrected chi connectivity index (χ4v) is 4.36. The fraction of sp³-hybridized carbons (Fsp3) is 0.778. The number of nitrogens with zero attached hydrogens (tertiary/aromatic N) is 2. The first kappa shape index (κ1) is 15.1. The molecule has 0 aliphatic carbocycles. The summed E-state index contributed by atoms with van der Waals surface area (Å²) in [6, 6.07) is 4.16. The van der Waals surface area contributed by atoms with Gasteiger partial charge >= 0.3 is 0 Å². The van der Waals surface area contributed by atoms with Gasteiger partial charge in [0.1, 0.15) is 11.5 Å². The minimum absolute atomic E-state index is 0.469. The van der Waals surface area contributed by atoms with E-state index in [9.17, 15) is 0 Å². The number of aryl methyl sites for hydroxylation is 2. The molecule has 2 saturated heterocycles. The van der Waals surface area contributed by atoms with Crippen LogP contribution in [0.4, 0.5) is 0 Å². The lowest BCUT2D eigenvalue weighted by Gasteiger charge is -2.50. The molecule has 3 nitrogen and oxygen atoms in total. The molecule has 118 valence electrons. The molecule has 0 N–H and O–H groups in total. The van der Waals surface area contributed by atoms with E-state index < -0.39 is 0 Å². The van der Waals surface area contributed by atoms with E-state index in [1.54, 1.807) is 0 Å².